The van der Waals surface area contributed by atoms with Gasteiger partial charge in [0.1, 0.15) is 13.2 Å². The van der Waals surface area contributed by atoms with E-state index in [9.17, 15) is 19.2 Å². The van der Waals surface area contributed by atoms with Gasteiger partial charge in [0.05, 0.1) is 11.1 Å². The van der Waals surface area contributed by atoms with E-state index in [4.69, 9.17) is 9.47 Å². The molecule has 0 spiro atoms. The van der Waals surface area contributed by atoms with Crippen LogP contribution in [0.4, 0.5) is 0 Å². The number of thioether (sulfide) groups is 1. The number of esters is 2. The highest BCUT2D eigenvalue weighted by atomic mass is 32.2. The zero-order chi connectivity index (χ0) is 24.7. The largest absolute Gasteiger partial charge is 0.461 e. The zero-order valence-electron chi connectivity index (χ0n) is 20.1. The summed E-state index contributed by atoms with van der Waals surface area (Å²) in [7, 11) is 0. The van der Waals surface area contributed by atoms with Gasteiger partial charge < -0.3 is 20.1 Å². The lowest BCUT2D eigenvalue weighted by molar-refractivity contribution is -0.139. The monoisotopic (exact) mass is 476 g/mol. The van der Waals surface area contributed by atoms with Gasteiger partial charge in [-0.2, -0.15) is 11.8 Å². The molecule has 0 aromatic rings. The fourth-order valence-corrected chi connectivity index (χ4v) is 4.25. The van der Waals surface area contributed by atoms with Crippen LogP contribution in [0.5, 0.6) is 0 Å². The molecule has 0 fully saturated rings. The zero-order valence-corrected chi connectivity index (χ0v) is 20.9. The van der Waals surface area contributed by atoms with Crippen molar-refractivity contribution in [3.05, 3.63) is 45.1 Å². The maximum Gasteiger partial charge on any atom is 0.336 e. The number of carbonyl (C=O) groups excluding carboxylic acids is 4. The van der Waals surface area contributed by atoms with Gasteiger partial charge in [-0.15, -0.1) is 0 Å². The van der Waals surface area contributed by atoms with Crippen molar-refractivity contribution in [3.8, 4) is 0 Å². The van der Waals surface area contributed by atoms with Gasteiger partial charge in [-0.1, -0.05) is 0 Å². The van der Waals surface area contributed by atoms with Crippen LogP contribution in [-0.4, -0.2) is 48.2 Å². The van der Waals surface area contributed by atoms with Crippen LogP contribution in [0.25, 0.3) is 0 Å². The lowest BCUT2D eigenvalue weighted by Crippen LogP contribution is -2.25. The molecule has 0 saturated heterocycles. The van der Waals surface area contributed by atoms with E-state index in [1.165, 1.54) is 25.6 Å². The Hall–Kier alpha value is -2.81. The van der Waals surface area contributed by atoms with Crippen molar-refractivity contribution >= 4 is 35.3 Å². The lowest BCUT2D eigenvalue weighted by atomic mass is 9.96. The van der Waals surface area contributed by atoms with Crippen molar-refractivity contribution < 1.29 is 28.7 Å². The van der Waals surface area contributed by atoms with E-state index >= 15 is 0 Å². The van der Waals surface area contributed by atoms with Gasteiger partial charge in [0.2, 0.25) is 0 Å². The quantitative estimate of drug-likeness (QED) is 0.363. The minimum absolute atomic E-state index is 0.0680. The molecule has 2 aliphatic rings. The summed E-state index contributed by atoms with van der Waals surface area (Å²) in [6, 6.07) is 0. The first-order valence-corrected chi connectivity index (χ1v) is 11.9. The van der Waals surface area contributed by atoms with Crippen LogP contribution >= 0.6 is 11.8 Å². The molecular weight excluding hydrogens is 444 g/mol. The van der Waals surface area contributed by atoms with Crippen LogP contribution < -0.4 is 10.6 Å². The summed E-state index contributed by atoms with van der Waals surface area (Å²) in [5.41, 5.74) is 5.02. The molecule has 2 aliphatic heterocycles. The SMILES string of the molecule is CC(=O)C1=C(C)NC(C)=C(C(=O)OCCSCCOC(=O)C2=C(C)NC(C)=C(C(C)=O)C2)C1. The second-order valence-corrected chi connectivity index (χ2v) is 9.24. The molecule has 2 heterocycles. The van der Waals surface area contributed by atoms with E-state index in [-0.39, 0.29) is 37.6 Å². The number of rotatable bonds is 10. The van der Waals surface area contributed by atoms with Gasteiger partial charge in [-0.3, -0.25) is 9.59 Å². The van der Waals surface area contributed by atoms with Crippen LogP contribution in [-0.2, 0) is 28.7 Å². The number of ketones is 2. The Morgan fingerprint density at radius 1 is 0.667 bits per heavy atom. The van der Waals surface area contributed by atoms with Gasteiger partial charge in [-0.05, 0) is 41.5 Å². The summed E-state index contributed by atoms with van der Waals surface area (Å²) >= 11 is 1.50. The van der Waals surface area contributed by atoms with Crippen molar-refractivity contribution in [2.24, 2.45) is 0 Å². The molecule has 0 aromatic heterocycles. The first-order chi connectivity index (χ1) is 15.5. The van der Waals surface area contributed by atoms with E-state index in [0.29, 0.717) is 45.2 Å². The second-order valence-electron chi connectivity index (χ2n) is 8.01. The van der Waals surface area contributed by atoms with Crippen molar-refractivity contribution in [1.82, 2.24) is 10.6 Å². The third-order valence-electron chi connectivity index (χ3n) is 5.53. The van der Waals surface area contributed by atoms with Gasteiger partial charge >= 0.3 is 11.9 Å². The predicted molar refractivity (Wildman–Crippen MR) is 127 cm³/mol. The smallest absolute Gasteiger partial charge is 0.336 e. The molecular formula is C24H32N2O6S. The van der Waals surface area contributed by atoms with E-state index in [1.54, 1.807) is 13.8 Å². The molecule has 0 unspecified atom stereocenters. The Balaban J connectivity index is 1.69. The number of hydrogen-bond donors (Lipinski definition) is 2. The summed E-state index contributed by atoms with van der Waals surface area (Å²) in [5.74, 6) is 0.0993. The average molecular weight is 477 g/mol. The summed E-state index contributed by atoms with van der Waals surface area (Å²) in [6.45, 7) is 10.6. The lowest BCUT2D eigenvalue weighted by Gasteiger charge is -2.22. The first kappa shape index (κ1) is 26.4. The number of hydrogen-bond acceptors (Lipinski definition) is 9. The van der Waals surface area contributed by atoms with Crippen molar-refractivity contribution in [1.29, 1.82) is 0 Å². The molecule has 0 aliphatic carbocycles. The molecule has 33 heavy (non-hydrogen) atoms. The van der Waals surface area contributed by atoms with Gasteiger partial charge in [0.25, 0.3) is 0 Å². The second kappa shape index (κ2) is 11.9. The normalized spacial score (nSPS) is 16.4. The fourth-order valence-electron chi connectivity index (χ4n) is 3.64. The summed E-state index contributed by atoms with van der Waals surface area (Å²) < 4.78 is 10.7. The molecule has 0 saturated carbocycles. The van der Waals surface area contributed by atoms with Crippen LogP contribution in [0.15, 0.2) is 45.1 Å². The number of carbonyl (C=O) groups is 4. The van der Waals surface area contributed by atoms with Crippen LogP contribution in [0, 0.1) is 0 Å². The number of dihydropyridines is 2. The maximum atomic E-state index is 12.4. The molecule has 2 rings (SSSR count). The predicted octanol–water partition coefficient (Wildman–Crippen LogP) is 3.07. The summed E-state index contributed by atoms with van der Waals surface area (Å²) in [4.78, 5) is 48.3. The molecule has 0 amide bonds. The fraction of sp³-hybridized carbons (Fsp3) is 0.500. The van der Waals surface area contributed by atoms with Crippen molar-refractivity contribution in [3.63, 3.8) is 0 Å². The number of ether oxygens (including phenoxy) is 2. The van der Waals surface area contributed by atoms with Crippen LogP contribution in [0.3, 0.4) is 0 Å². The average Bonchev–Trinajstić information content (AvgIpc) is 2.72. The highest BCUT2D eigenvalue weighted by molar-refractivity contribution is 7.99. The summed E-state index contributed by atoms with van der Waals surface area (Å²) in [6.07, 6.45) is 0.540. The summed E-state index contributed by atoms with van der Waals surface area (Å²) in [5, 5.41) is 6.13. The molecule has 0 atom stereocenters. The van der Waals surface area contributed by atoms with Gasteiger partial charge in [-0.25, -0.2) is 9.59 Å². The molecule has 9 heteroatoms. The molecule has 0 aromatic carbocycles. The Morgan fingerprint density at radius 3 is 1.33 bits per heavy atom. The highest BCUT2D eigenvalue weighted by Crippen LogP contribution is 2.25. The molecule has 0 radical (unpaired) electrons. The van der Waals surface area contributed by atoms with Crippen LogP contribution in [0.1, 0.15) is 54.4 Å². The number of allylic oxidation sites excluding steroid dienone is 6. The van der Waals surface area contributed by atoms with Gasteiger partial charge in [0, 0.05) is 58.3 Å². The Labute approximate surface area is 198 Å². The number of Topliss-reactive ketones (excluding diaryl/α,β-unsaturated/α-hetero) is 2. The van der Waals surface area contributed by atoms with Gasteiger partial charge in [0.15, 0.2) is 11.6 Å². The molecule has 0 bridgehead atoms. The minimum atomic E-state index is -0.435. The minimum Gasteiger partial charge on any atom is -0.461 e. The maximum absolute atomic E-state index is 12.4. The third kappa shape index (κ3) is 7.08. The van der Waals surface area contributed by atoms with Crippen LogP contribution in [0.2, 0.25) is 0 Å². The molecule has 8 nitrogen and oxygen atoms in total. The molecule has 2 N–H and O–H groups in total. The van der Waals surface area contributed by atoms with Crippen molar-refractivity contribution in [2.75, 3.05) is 24.7 Å². The number of nitrogens with one attached hydrogen (secondary N) is 2. The highest BCUT2D eigenvalue weighted by Gasteiger charge is 2.25. The first-order valence-electron chi connectivity index (χ1n) is 10.8. The van der Waals surface area contributed by atoms with E-state index in [1.807, 2.05) is 13.8 Å². The Kier molecular flexibility index (Phi) is 9.52. The van der Waals surface area contributed by atoms with E-state index < -0.39 is 11.9 Å². The standard InChI is InChI=1S/C24H32N2O6S/c1-13-19(17(5)27)11-21(15(3)25-13)23(29)31-7-9-33-10-8-32-24(30)22-12-20(18(6)28)14(2)26-16(22)4/h25-26H,7-12H2,1-6H3. The van der Waals surface area contributed by atoms with Crippen molar-refractivity contribution in [2.45, 2.75) is 54.4 Å². The Bertz CT molecular complexity index is 909. The van der Waals surface area contributed by atoms with E-state index in [2.05, 4.69) is 10.6 Å². The Morgan fingerprint density at radius 2 is 1.00 bits per heavy atom. The topological polar surface area (TPSA) is 111 Å². The van der Waals surface area contributed by atoms with E-state index in [0.717, 1.165) is 11.4 Å². The molecule has 180 valence electrons. The third-order valence-corrected chi connectivity index (χ3v) is 6.44.